The van der Waals surface area contributed by atoms with Crippen molar-refractivity contribution in [2.24, 2.45) is 5.73 Å². The van der Waals surface area contributed by atoms with Crippen LogP contribution in [0.5, 0.6) is 5.75 Å². The summed E-state index contributed by atoms with van der Waals surface area (Å²) in [6, 6.07) is 3.59. The third-order valence-corrected chi connectivity index (χ3v) is 2.73. The minimum absolute atomic E-state index is 0. The Hall–Kier alpha value is -1.33. The van der Waals surface area contributed by atoms with Gasteiger partial charge in [-0.3, -0.25) is 10.1 Å². The Kier molecular flexibility index (Phi) is 7.31. The molecule has 0 bridgehead atoms. The van der Waals surface area contributed by atoms with Gasteiger partial charge in [0.25, 0.3) is 5.69 Å². The van der Waals surface area contributed by atoms with Crippen LogP contribution in [0.1, 0.15) is 44.2 Å². The van der Waals surface area contributed by atoms with E-state index in [0.717, 1.165) is 19.3 Å². The summed E-state index contributed by atoms with van der Waals surface area (Å²) in [5.41, 5.74) is 6.31. The number of unbranched alkanes of at least 4 members (excludes halogenated alkanes) is 2. The molecule has 0 radical (unpaired) electrons. The number of rotatable bonds is 6. The lowest BCUT2D eigenvalue weighted by atomic mass is 9.99. The van der Waals surface area contributed by atoms with E-state index in [2.05, 4.69) is 6.92 Å². The third-order valence-electron chi connectivity index (χ3n) is 2.73. The molecule has 102 valence electrons. The fraction of sp³-hybridized carbons (Fsp3) is 0.500. The van der Waals surface area contributed by atoms with E-state index in [-0.39, 0.29) is 23.8 Å². The molecule has 0 unspecified atom stereocenters. The van der Waals surface area contributed by atoms with Gasteiger partial charge in [-0.25, -0.2) is 0 Å². The first-order chi connectivity index (χ1) is 8.06. The van der Waals surface area contributed by atoms with Gasteiger partial charge in [0.1, 0.15) is 5.75 Å². The second-order valence-electron chi connectivity index (χ2n) is 4.10. The van der Waals surface area contributed by atoms with Crippen molar-refractivity contribution in [3.63, 3.8) is 0 Å². The van der Waals surface area contributed by atoms with E-state index in [1.807, 2.05) is 0 Å². The summed E-state index contributed by atoms with van der Waals surface area (Å²) in [5, 5.41) is 20.2. The van der Waals surface area contributed by atoms with Crippen LogP contribution in [0.15, 0.2) is 18.2 Å². The molecular weight excluding hydrogens is 256 g/mol. The molecule has 0 saturated carbocycles. The third kappa shape index (κ3) is 4.50. The molecule has 0 heterocycles. The van der Waals surface area contributed by atoms with Crippen LogP contribution in [0, 0.1) is 10.1 Å². The number of nitrogens with zero attached hydrogens (tertiary/aromatic N) is 1. The van der Waals surface area contributed by atoms with Gasteiger partial charge in [0.15, 0.2) is 0 Å². The van der Waals surface area contributed by atoms with Gasteiger partial charge in [-0.05, 0) is 18.6 Å². The topological polar surface area (TPSA) is 89.4 Å². The highest BCUT2D eigenvalue weighted by Gasteiger charge is 2.19. The first-order valence-electron chi connectivity index (χ1n) is 5.79. The monoisotopic (exact) mass is 274 g/mol. The highest BCUT2D eigenvalue weighted by Crippen LogP contribution is 2.30. The molecule has 0 aliphatic carbocycles. The fourth-order valence-electron chi connectivity index (χ4n) is 1.77. The van der Waals surface area contributed by atoms with E-state index < -0.39 is 11.0 Å². The van der Waals surface area contributed by atoms with Gasteiger partial charge in [0.2, 0.25) is 0 Å². The summed E-state index contributed by atoms with van der Waals surface area (Å²) < 4.78 is 0. The molecule has 1 aromatic rings. The van der Waals surface area contributed by atoms with Gasteiger partial charge in [-0.2, -0.15) is 0 Å². The standard InChI is InChI=1S/C12H18N2O3.ClH/c1-2-3-4-5-11(13)10-8-9(15)6-7-12(10)14(16)17;/h6-8,11,15H,2-5,13H2,1H3;1H/t11-;/m1./s1. The van der Waals surface area contributed by atoms with E-state index in [9.17, 15) is 15.2 Å². The van der Waals surface area contributed by atoms with Crippen LogP contribution in [-0.4, -0.2) is 10.0 Å². The van der Waals surface area contributed by atoms with E-state index >= 15 is 0 Å². The van der Waals surface area contributed by atoms with Gasteiger partial charge in [-0.1, -0.05) is 26.2 Å². The normalized spacial score (nSPS) is 11.7. The van der Waals surface area contributed by atoms with Gasteiger partial charge in [0.05, 0.1) is 10.5 Å². The predicted molar refractivity (Wildman–Crippen MR) is 73.1 cm³/mol. The summed E-state index contributed by atoms with van der Waals surface area (Å²) in [5.74, 6) is 0.0107. The average molecular weight is 275 g/mol. The molecule has 0 aliphatic rings. The van der Waals surface area contributed by atoms with E-state index in [4.69, 9.17) is 5.73 Å². The Morgan fingerprint density at radius 1 is 1.44 bits per heavy atom. The summed E-state index contributed by atoms with van der Waals surface area (Å²) in [6.07, 6.45) is 3.76. The predicted octanol–water partition coefficient (Wildman–Crippen LogP) is 3.30. The largest absolute Gasteiger partial charge is 0.508 e. The lowest BCUT2D eigenvalue weighted by Gasteiger charge is -2.12. The summed E-state index contributed by atoms with van der Waals surface area (Å²) in [7, 11) is 0. The van der Waals surface area contributed by atoms with Gasteiger partial charge in [0, 0.05) is 12.1 Å². The molecule has 6 heteroatoms. The van der Waals surface area contributed by atoms with Crippen LogP contribution >= 0.6 is 12.4 Å². The van der Waals surface area contributed by atoms with Crippen LogP contribution < -0.4 is 5.73 Å². The number of nitro benzene ring substituents is 1. The quantitative estimate of drug-likeness (QED) is 0.473. The lowest BCUT2D eigenvalue weighted by Crippen LogP contribution is -2.12. The maximum atomic E-state index is 10.8. The number of nitrogens with two attached hydrogens (primary N) is 1. The number of hydrogen-bond acceptors (Lipinski definition) is 4. The SMILES string of the molecule is CCCCC[C@@H](N)c1cc(O)ccc1[N+](=O)[O-].Cl. The molecule has 0 fully saturated rings. The smallest absolute Gasteiger partial charge is 0.274 e. The van der Waals surface area contributed by atoms with Crippen molar-refractivity contribution in [2.45, 2.75) is 38.6 Å². The Morgan fingerprint density at radius 2 is 2.11 bits per heavy atom. The molecule has 0 amide bonds. The molecule has 0 aliphatic heterocycles. The van der Waals surface area contributed by atoms with E-state index in [0.29, 0.717) is 12.0 Å². The lowest BCUT2D eigenvalue weighted by molar-refractivity contribution is -0.385. The zero-order valence-corrected chi connectivity index (χ0v) is 11.2. The van der Waals surface area contributed by atoms with Gasteiger partial charge in [-0.15, -0.1) is 12.4 Å². The zero-order chi connectivity index (χ0) is 12.8. The maximum Gasteiger partial charge on any atom is 0.274 e. The molecular formula is C12H19ClN2O3. The van der Waals surface area contributed by atoms with Gasteiger partial charge < -0.3 is 10.8 Å². The van der Waals surface area contributed by atoms with Crippen molar-refractivity contribution in [1.82, 2.24) is 0 Å². The number of nitro groups is 1. The number of benzene rings is 1. The molecule has 0 aromatic heterocycles. The molecule has 18 heavy (non-hydrogen) atoms. The van der Waals surface area contributed by atoms with E-state index in [1.54, 1.807) is 0 Å². The molecule has 1 atom stereocenters. The molecule has 3 N–H and O–H groups in total. The second-order valence-corrected chi connectivity index (χ2v) is 4.10. The molecule has 1 aromatic carbocycles. The van der Waals surface area contributed by atoms with E-state index in [1.165, 1.54) is 18.2 Å². The van der Waals surface area contributed by atoms with Crippen LogP contribution in [0.3, 0.4) is 0 Å². The van der Waals surface area contributed by atoms with Crippen molar-refractivity contribution in [1.29, 1.82) is 0 Å². The highest BCUT2D eigenvalue weighted by atomic mass is 35.5. The number of hydrogen-bond donors (Lipinski definition) is 2. The fourth-order valence-corrected chi connectivity index (χ4v) is 1.77. The molecule has 0 saturated heterocycles. The van der Waals surface area contributed by atoms with Gasteiger partial charge >= 0.3 is 0 Å². The van der Waals surface area contributed by atoms with Crippen LogP contribution in [0.25, 0.3) is 0 Å². The van der Waals surface area contributed by atoms with Crippen LogP contribution in [-0.2, 0) is 0 Å². The summed E-state index contributed by atoms with van der Waals surface area (Å²) in [6.45, 7) is 2.09. The average Bonchev–Trinajstić information content (AvgIpc) is 2.28. The van der Waals surface area contributed by atoms with Crippen molar-refractivity contribution in [3.8, 4) is 5.75 Å². The maximum absolute atomic E-state index is 10.8. The van der Waals surface area contributed by atoms with Crippen molar-refractivity contribution < 1.29 is 10.0 Å². The zero-order valence-electron chi connectivity index (χ0n) is 10.3. The summed E-state index contributed by atoms with van der Waals surface area (Å²) in [4.78, 5) is 10.4. The Labute approximate surface area is 113 Å². The number of phenolic OH excluding ortho intramolecular Hbond substituents is 1. The molecule has 0 spiro atoms. The van der Waals surface area contributed by atoms with Crippen LogP contribution in [0.4, 0.5) is 5.69 Å². The van der Waals surface area contributed by atoms with Crippen LogP contribution in [0.2, 0.25) is 0 Å². The molecule has 1 rings (SSSR count). The van der Waals surface area contributed by atoms with Crippen molar-refractivity contribution in [3.05, 3.63) is 33.9 Å². The number of phenols is 1. The summed E-state index contributed by atoms with van der Waals surface area (Å²) >= 11 is 0. The Bertz CT molecular complexity index is 399. The molecule has 5 nitrogen and oxygen atoms in total. The Morgan fingerprint density at radius 3 is 2.67 bits per heavy atom. The van der Waals surface area contributed by atoms with Crippen molar-refractivity contribution in [2.75, 3.05) is 0 Å². The number of aromatic hydroxyl groups is 1. The second kappa shape index (κ2) is 7.89. The first kappa shape index (κ1) is 16.7. The minimum Gasteiger partial charge on any atom is -0.508 e. The highest BCUT2D eigenvalue weighted by molar-refractivity contribution is 5.85. The first-order valence-corrected chi connectivity index (χ1v) is 5.79. The number of halogens is 1. The minimum atomic E-state index is -0.464. The Balaban J connectivity index is 0.00000289. The van der Waals surface area contributed by atoms with Crippen molar-refractivity contribution >= 4 is 18.1 Å².